The number of nitrogens with zero attached hydrogens (tertiary/aromatic N) is 1. The zero-order chi connectivity index (χ0) is 9.52. The minimum absolute atomic E-state index is 0.807. The van der Waals surface area contributed by atoms with E-state index in [1.807, 2.05) is 0 Å². The van der Waals surface area contributed by atoms with Gasteiger partial charge < -0.3 is 10.2 Å². The number of nitrogens with one attached hydrogen (secondary N) is 1. The lowest BCUT2D eigenvalue weighted by molar-refractivity contribution is 0.251. The van der Waals surface area contributed by atoms with Crippen LogP contribution in [0, 0.1) is 0 Å². The number of unbranched alkanes of at least 4 members (excludes halogenated alkanes) is 3. The van der Waals surface area contributed by atoms with Gasteiger partial charge in [0.1, 0.15) is 0 Å². The summed E-state index contributed by atoms with van der Waals surface area (Å²) < 4.78 is 0. The maximum atomic E-state index is 3.41. The first-order valence-corrected chi connectivity index (χ1v) is 5.75. The highest BCUT2D eigenvalue weighted by Crippen LogP contribution is 2.08. The molecule has 0 aromatic carbocycles. The Morgan fingerprint density at radius 3 is 2.77 bits per heavy atom. The van der Waals surface area contributed by atoms with Crippen molar-refractivity contribution in [1.29, 1.82) is 0 Å². The lowest BCUT2D eigenvalue weighted by Crippen LogP contribution is -2.34. The third-order valence-corrected chi connectivity index (χ3v) is 3.02. The van der Waals surface area contributed by atoms with Crippen molar-refractivity contribution in [3.05, 3.63) is 0 Å². The molecule has 78 valence electrons. The van der Waals surface area contributed by atoms with E-state index in [1.54, 1.807) is 0 Å². The molecule has 0 spiro atoms. The van der Waals surface area contributed by atoms with Gasteiger partial charge in [-0.05, 0) is 33.0 Å². The van der Waals surface area contributed by atoms with Gasteiger partial charge in [-0.25, -0.2) is 0 Å². The Labute approximate surface area is 82.7 Å². The van der Waals surface area contributed by atoms with Crippen LogP contribution in [-0.4, -0.2) is 37.6 Å². The van der Waals surface area contributed by atoms with E-state index >= 15 is 0 Å². The van der Waals surface area contributed by atoms with Crippen molar-refractivity contribution in [1.82, 2.24) is 10.2 Å². The molecule has 0 radical (unpaired) electrons. The van der Waals surface area contributed by atoms with Crippen molar-refractivity contribution in [3.8, 4) is 0 Å². The van der Waals surface area contributed by atoms with Crippen molar-refractivity contribution in [2.75, 3.05) is 26.7 Å². The second-order valence-corrected chi connectivity index (χ2v) is 4.19. The molecule has 0 aromatic heterocycles. The average Bonchev–Trinajstić information content (AvgIpc) is 2.65. The third-order valence-electron chi connectivity index (χ3n) is 3.02. The van der Waals surface area contributed by atoms with Gasteiger partial charge in [0.05, 0.1) is 0 Å². The molecule has 0 bridgehead atoms. The second kappa shape index (κ2) is 6.39. The van der Waals surface area contributed by atoms with Crippen LogP contribution in [0.15, 0.2) is 0 Å². The summed E-state index contributed by atoms with van der Waals surface area (Å²) >= 11 is 0. The van der Waals surface area contributed by atoms with Gasteiger partial charge >= 0.3 is 0 Å². The predicted molar refractivity (Wildman–Crippen MR) is 58.0 cm³/mol. The van der Waals surface area contributed by atoms with Crippen molar-refractivity contribution in [2.45, 2.75) is 45.1 Å². The molecule has 1 aliphatic rings. The first kappa shape index (κ1) is 11.0. The summed E-state index contributed by atoms with van der Waals surface area (Å²) in [6.07, 6.45) is 6.86. The smallest absolute Gasteiger partial charge is 0.0229 e. The van der Waals surface area contributed by atoms with Gasteiger partial charge in [-0.1, -0.05) is 26.2 Å². The molecule has 13 heavy (non-hydrogen) atoms. The molecule has 1 unspecified atom stereocenters. The second-order valence-electron chi connectivity index (χ2n) is 4.19. The molecule has 1 saturated heterocycles. The van der Waals surface area contributed by atoms with Crippen LogP contribution in [0.5, 0.6) is 0 Å². The quantitative estimate of drug-likeness (QED) is 0.634. The van der Waals surface area contributed by atoms with E-state index in [4.69, 9.17) is 0 Å². The molecular formula is C11H24N2. The number of likely N-dealkylation sites (N-methyl/N-ethyl adjacent to an activating group) is 1. The first-order chi connectivity index (χ1) is 6.34. The molecule has 1 aliphatic heterocycles. The number of hydrogen-bond donors (Lipinski definition) is 1. The Morgan fingerprint density at radius 2 is 2.15 bits per heavy atom. The molecule has 2 heteroatoms. The fourth-order valence-corrected chi connectivity index (χ4v) is 1.99. The normalized spacial score (nSPS) is 22.8. The predicted octanol–water partition coefficient (Wildman–Crippen LogP) is 1.86. The van der Waals surface area contributed by atoms with Crippen molar-refractivity contribution in [3.63, 3.8) is 0 Å². The summed E-state index contributed by atoms with van der Waals surface area (Å²) in [5, 5.41) is 3.41. The largest absolute Gasteiger partial charge is 0.315 e. The molecule has 0 aromatic rings. The van der Waals surface area contributed by atoms with Gasteiger partial charge in [0.25, 0.3) is 0 Å². The maximum Gasteiger partial charge on any atom is 0.0229 e. The van der Waals surface area contributed by atoms with E-state index < -0.39 is 0 Å². The highest BCUT2D eigenvalue weighted by atomic mass is 15.2. The van der Waals surface area contributed by atoms with Crippen LogP contribution in [0.3, 0.4) is 0 Å². The number of rotatable bonds is 6. The molecule has 1 heterocycles. The van der Waals surface area contributed by atoms with Crippen molar-refractivity contribution >= 4 is 0 Å². The van der Waals surface area contributed by atoms with E-state index in [0.29, 0.717) is 0 Å². The Hall–Kier alpha value is -0.0800. The van der Waals surface area contributed by atoms with Gasteiger partial charge in [0, 0.05) is 12.6 Å². The highest BCUT2D eigenvalue weighted by molar-refractivity contribution is 4.78. The summed E-state index contributed by atoms with van der Waals surface area (Å²) in [6.45, 7) is 5.96. The summed E-state index contributed by atoms with van der Waals surface area (Å²) in [6, 6.07) is 0.807. The molecule has 1 rings (SSSR count). The molecule has 1 fully saturated rings. The lowest BCUT2D eigenvalue weighted by atomic mass is 10.1. The summed E-state index contributed by atoms with van der Waals surface area (Å²) in [7, 11) is 2.27. The Bertz CT molecular complexity index is 119. The van der Waals surface area contributed by atoms with E-state index in [0.717, 1.165) is 6.04 Å². The van der Waals surface area contributed by atoms with Crippen LogP contribution >= 0.6 is 0 Å². The molecule has 0 amide bonds. The lowest BCUT2D eigenvalue weighted by Gasteiger charge is -2.23. The number of hydrogen-bond acceptors (Lipinski definition) is 2. The maximum absolute atomic E-state index is 3.41. The standard InChI is InChI=1S/C11H24N2/c1-3-4-5-6-9-13(2)11-7-8-12-10-11/h11-12H,3-10H2,1-2H3. The molecule has 2 nitrogen and oxygen atoms in total. The summed E-state index contributed by atoms with van der Waals surface area (Å²) in [5.74, 6) is 0. The molecule has 1 N–H and O–H groups in total. The summed E-state index contributed by atoms with van der Waals surface area (Å²) in [4.78, 5) is 2.52. The fourth-order valence-electron chi connectivity index (χ4n) is 1.99. The fraction of sp³-hybridized carbons (Fsp3) is 1.00. The minimum Gasteiger partial charge on any atom is -0.315 e. The molecular weight excluding hydrogens is 160 g/mol. The van der Waals surface area contributed by atoms with Gasteiger partial charge in [-0.3, -0.25) is 0 Å². The first-order valence-electron chi connectivity index (χ1n) is 5.75. The zero-order valence-electron chi connectivity index (χ0n) is 9.18. The van der Waals surface area contributed by atoms with Crippen molar-refractivity contribution in [2.24, 2.45) is 0 Å². The SMILES string of the molecule is CCCCCCN(C)C1CCNC1. The summed E-state index contributed by atoms with van der Waals surface area (Å²) in [5.41, 5.74) is 0. The van der Waals surface area contributed by atoms with Crippen LogP contribution in [-0.2, 0) is 0 Å². The van der Waals surface area contributed by atoms with E-state index in [9.17, 15) is 0 Å². The van der Waals surface area contributed by atoms with Crippen LogP contribution in [0.25, 0.3) is 0 Å². The Morgan fingerprint density at radius 1 is 1.31 bits per heavy atom. The van der Waals surface area contributed by atoms with Gasteiger partial charge in [-0.15, -0.1) is 0 Å². The van der Waals surface area contributed by atoms with Crippen LogP contribution < -0.4 is 5.32 Å². The highest BCUT2D eigenvalue weighted by Gasteiger charge is 2.17. The molecule has 1 atom stereocenters. The van der Waals surface area contributed by atoms with Crippen LogP contribution in [0.4, 0.5) is 0 Å². The monoisotopic (exact) mass is 184 g/mol. The van der Waals surface area contributed by atoms with Gasteiger partial charge in [0.15, 0.2) is 0 Å². The van der Waals surface area contributed by atoms with Crippen LogP contribution in [0.2, 0.25) is 0 Å². The Kier molecular flexibility index (Phi) is 5.40. The third kappa shape index (κ3) is 4.10. The van der Waals surface area contributed by atoms with E-state index in [1.165, 1.54) is 51.7 Å². The van der Waals surface area contributed by atoms with Crippen molar-refractivity contribution < 1.29 is 0 Å². The molecule has 0 aliphatic carbocycles. The van der Waals surface area contributed by atoms with Gasteiger partial charge in [0.2, 0.25) is 0 Å². The average molecular weight is 184 g/mol. The van der Waals surface area contributed by atoms with E-state index in [-0.39, 0.29) is 0 Å². The minimum atomic E-state index is 0.807. The topological polar surface area (TPSA) is 15.3 Å². The van der Waals surface area contributed by atoms with E-state index in [2.05, 4.69) is 24.2 Å². The van der Waals surface area contributed by atoms with Crippen LogP contribution in [0.1, 0.15) is 39.0 Å². The zero-order valence-corrected chi connectivity index (χ0v) is 9.18. The Balaban J connectivity index is 1.99. The van der Waals surface area contributed by atoms with Gasteiger partial charge in [-0.2, -0.15) is 0 Å². The molecule has 0 saturated carbocycles.